The molecule has 0 N–H and O–H groups in total. The molecular formula is C23H33N3O2S. The lowest BCUT2D eigenvalue weighted by Gasteiger charge is -2.33. The van der Waals surface area contributed by atoms with Gasteiger partial charge in [-0.2, -0.15) is 0 Å². The highest BCUT2D eigenvalue weighted by Crippen LogP contribution is 2.32. The summed E-state index contributed by atoms with van der Waals surface area (Å²) in [4.78, 5) is 21.7. The van der Waals surface area contributed by atoms with Gasteiger partial charge in [0.15, 0.2) is 0 Å². The summed E-state index contributed by atoms with van der Waals surface area (Å²) in [6.07, 6.45) is 3.76. The van der Waals surface area contributed by atoms with Gasteiger partial charge < -0.3 is 9.64 Å². The molecule has 3 rings (SSSR count). The van der Waals surface area contributed by atoms with Crippen LogP contribution in [-0.4, -0.2) is 53.2 Å². The molecule has 1 aliphatic rings. The molecule has 0 saturated heterocycles. The molecule has 0 radical (unpaired) electrons. The second kappa shape index (κ2) is 8.44. The average molecular weight is 416 g/mol. The molecule has 0 fully saturated rings. The van der Waals surface area contributed by atoms with E-state index in [9.17, 15) is 4.79 Å². The fourth-order valence-electron chi connectivity index (χ4n) is 3.33. The number of amides is 1. The summed E-state index contributed by atoms with van der Waals surface area (Å²) in [5, 5.41) is 1.15. The number of hydrogen-bond donors (Lipinski definition) is 0. The van der Waals surface area contributed by atoms with Gasteiger partial charge in [-0.15, -0.1) is 11.3 Å². The van der Waals surface area contributed by atoms with Crippen LogP contribution in [-0.2, 0) is 11.2 Å². The number of aromatic nitrogens is 1. The molecule has 0 saturated carbocycles. The lowest BCUT2D eigenvalue weighted by Crippen LogP contribution is -2.39. The van der Waals surface area contributed by atoms with Crippen LogP contribution in [0.2, 0.25) is 0 Å². The number of rotatable bonds is 4. The van der Waals surface area contributed by atoms with Crippen molar-refractivity contribution in [2.45, 2.75) is 59.1 Å². The van der Waals surface area contributed by atoms with Gasteiger partial charge in [0.2, 0.25) is 0 Å². The third-order valence-electron chi connectivity index (χ3n) is 5.19. The maximum absolute atomic E-state index is 12.8. The largest absolute Gasteiger partial charge is 0.443 e. The molecule has 1 amide bonds. The normalized spacial score (nSPS) is 18.8. The lowest BCUT2D eigenvalue weighted by molar-refractivity contribution is 0.0327. The number of allylic oxidation sites excluding steroid dienone is 1. The topological polar surface area (TPSA) is 45.7 Å². The first-order chi connectivity index (χ1) is 13.5. The first kappa shape index (κ1) is 21.8. The molecule has 1 aromatic heterocycles. The van der Waals surface area contributed by atoms with E-state index in [1.165, 1.54) is 4.70 Å². The van der Waals surface area contributed by atoms with Crippen molar-refractivity contribution in [1.82, 2.24) is 14.8 Å². The van der Waals surface area contributed by atoms with E-state index < -0.39 is 5.60 Å². The Labute approximate surface area is 178 Å². The van der Waals surface area contributed by atoms with Crippen molar-refractivity contribution in [3.8, 4) is 0 Å². The van der Waals surface area contributed by atoms with Crippen LogP contribution in [0.3, 0.4) is 0 Å². The number of carbonyl (C=O) groups is 1. The SMILES string of the molecule is CC(Cc1nc2cc(C3=CC[C@H](C)CN3C(=O)OC(C)(C)C)ccc2s1)N(C)C. The van der Waals surface area contributed by atoms with Crippen LogP contribution in [0.5, 0.6) is 0 Å². The minimum absolute atomic E-state index is 0.283. The van der Waals surface area contributed by atoms with Crippen molar-refractivity contribution >= 4 is 33.3 Å². The Morgan fingerprint density at radius 3 is 2.76 bits per heavy atom. The van der Waals surface area contributed by atoms with Gasteiger partial charge in [0.25, 0.3) is 0 Å². The summed E-state index contributed by atoms with van der Waals surface area (Å²) in [5.41, 5.74) is 2.43. The van der Waals surface area contributed by atoms with E-state index in [4.69, 9.17) is 9.72 Å². The number of fused-ring (bicyclic) bond motifs is 1. The number of hydrogen-bond acceptors (Lipinski definition) is 5. The minimum atomic E-state index is -0.514. The molecule has 1 aliphatic heterocycles. The predicted octanol–water partition coefficient (Wildman–Crippen LogP) is 5.41. The molecule has 5 nitrogen and oxygen atoms in total. The fourth-order valence-corrected chi connectivity index (χ4v) is 4.40. The summed E-state index contributed by atoms with van der Waals surface area (Å²) < 4.78 is 6.85. The van der Waals surface area contributed by atoms with Crippen LogP contribution >= 0.6 is 11.3 Å². The second-order valence-electron chi connectivity index (χ2n) is 9.33. The highest BCUT2D eigenvalue weighted by molar-refractivity contribution is 7.18. The second-order valence-corrected chi connectivity index (χ2v) is 10.4. The van der Waals surface area contributed by atoms with Crippen LogP contribution in [0.15, 0.2) is 24.3 Å². The average Bonchev–Trinajstić information content (AvgIpc) is 3.01. The number of benzene rings is 1. The van der Waals surface area contributed by atoms with Gasteiger partial charge >= 0.3 is 6.09 Å². The molecule has 0 bridgehead atoms. The van der Waals surface area contributed by atoms with E-state index in [1.54, 1.807) is 16.2 Å². The summed E-state index contributed by atoms with van der Waals surface area (Å²) in [7, 11) is 4.19. The van der Waals surface area contributed by atoms with Crippen LogP contribution in [0.4, 0.5) is 4.79 Å². The molecule has 0 aliphatic carbocycles. The molecule has 29 heavy (non-hydrogen) atoms. The number of likely N-dealkylation sites (N-methyl/N-ethyl adjacent to an activating group) is 1. The zero-order valence-corrected chi connectivity index (χ0v) is 19.5. The Hall–Kier alpha value is -1.92. The summed E-state index contributed by atoms with van der Waals surface area (Å²) in [5.74, 6) is 0.411. The Kier molecular flexibility index (Phi) is 6.34. The standard InChI is InChI=1S/C23H33N3O2S/c1-15-8-10-19(26(14-15)22(27)28-23(3,4)5)17-9-11-20-18(13-17)24-21(29-20)12-16(2)25(6)7/h9-11,13,15-16H,8,12,14H2,1-7H3/t15-,16?/m0/s1. The maximum atomic E-state index is 12.8. The third-order valence-corrected chi connectivity index (χ3v) is 6.25. The minimum Gasteiger partial charge on any atom is -0.443 e. The quantitative estimate of drug-likeness (QED) is 0.670. The Bertz CT molecular complexity index is 910. The molecule has 2 aromatic rings. The van der Waals surface area contributed by atoms with Crippen molar-refractivity contribution in [1.29, 1.82) is 0 Å². The molecule has 158 valence electrons. The van der Waals surface area contributed by atoms with E-state index >= 15 is 0 Å². The van der Waals surface area contributed by atoms with E-state index in [2.05, 4.69) is 57.1 Å². The predicted molar refractivity (Wildman–Crippen MR) is 121 cm³/mol. The van der Waals surface area contributed by atoms with Crippen molar-refractivity contribution in [3.05, 3.63) is 34.8 Å². The Morgan fingerprint density at radius 2 is 2.10 bits per heavy atom. The first-order valence-corrected chi connectivity index (χ1v) is 11.1. The summed E-state index contributed by atoms with van der Waals surface area (Å²) in [6, 6.07) is 6.77. The van der Waals surface area contributed by atoms with Crippen LogP contribution < -0.4 is 0 Å². The highest BCUT2D eigenvalue weighted by atomic mass is 32.1. The van der Waals surface area contributed by atoms with Gasteiger partial charge in [0, 0.05) is 24.6 Å². The van der Waals surface area contributed by atoms with Gasteiger partial charge in [0.1, 0.15) is 5.60 Å². The number of ether oxygens (including phenoxy) is 1. The molecule has 1 unspecified atom stereocenters. The fraction of sp³-hybridized carbons (Fsp3) is 0.565. The first-order valence-electron chi connectivity index (χ1n) is 10.3. The van der Waals surface area contributed by atoms with Gasteiger partial charge in [-0.25, -0.2) is 9.78 Å². The maximum Gasteiger partial charge on any atom is 0.414 e. The Morgan fingerprint density at radius 1 is 1.38 bits per heavy atom. The van der Waals surface area contributed by atoms with Crippen LogP contribution in [0, 0.1) is 5.92 Å². The van der Waals surface area contributed by atoms with Crippen molar-refractivity contribution in [3.63, 3.8) is 0 Å². The van der Waals surface area contributed by atoms with Gasteiger partial charge in [-0.1, -0.05) is 19.1 Å². The van der Waals surface area contributed by atoms with Crippen molar-refractivity contribution < 1.29 is 9.53 Å². The third kappa shape index (κ3) is 5.37. The van der Waals surface area contributed by atoms with Crippen molar-refractivity contribution in [2.75, 3.05) is 20.6 Å². The van der Waals surface area contributed by atoms with E-state index in [0.29, 0.717) is 18.5 Å². The lowest BCUT2D eigenvalue weighted by atomic mass is 9.98. The molecule has 6 heteroatoms. The number of nitrogens with zero attached hydrogens (tertiary/aromatic N) is 3. The summed E-state index contributed by atoms with van der Waals surface area (Å²) in [6.45, 7) is 10.7. The highest BCUT2D eigenvalue weighted by Gasteiger charge is 2.29. The zero-order chi connectivity index (χ0) is 21.3. The smallest absolute Gasteiger partial charge is 0.414 e. The molecule has 2 heterocycles. The van der Waals surface area contributed by atoms with Crippen molar-refractivity contribution in [2.24, 2.45) is 5.92 Å². The van der Waals surface area contributed by atoms with Crippen LogP contribution in [0.25, 0.3) is 15.9 Å². The van der Waals surface area contributed by atoms with Gasteiger partial charge in [-0.05, 0) is 66.3 Å². The molecular weight excluding hydrogens is 382 g/mol. The molecule has 2 atom stereocenters. The van der Waals surface area contributed by atoms with E-state index in [1.807, 2.05) is 20.8 Å². The van der Waals surface area contributed by atoms with Crippen LogP contribution in [0.1, 0.15) is 51.6 Å². The van der Waals surface area contributed by atoms with E-state index in [-0.39, 0.29) is 6.09 Å². The summed E-state index contributed by atoms with van der Waals surface area (Å²) >= 11 is 1.75. The molecule has 1 aromatic carbocycles. The van der Waals surface area contributed by atoms with Gasteiger partial charge in [0.05, 0.1) is 20.9 Å². The molecule has 0 spiro atoms. The zero-order valence-electron chi connectivity index (χ0n) is 18.7. The van der Waals surface area contributed by atoms with E-state index in [0.717, 1.165) is 34.6 Å². The number of thiazole rings is 1. The monoisotopic (exact) mass is 415 g/mol. The number of carbonyl (C=O) groups excluding carboxylic acids is 1. The van der Waals surface area contributed by atoms with Gasteiger partial charge in [-0.3, -0.25) is 4.90 Å². The Balaban J connectivity index is 1.89.